The van der Waals surface area contributed by atoms with Crippen molar-refractivity contribution in [2.45, 2.75) is 27.2 Å². The number of rotatable bonds is 2. The van der Waals surface area contributed by atoms with Crippen molar-refractivity contribution in [1.29, 1.82) is 5.26 Å². The van der Waals surface area contributed by atoms with Gasteiger partial charge in [-0.1, -0.05) is 32.9 Å². The van der Waals surface area contributed by atoms with Crippen molar-refractivity contribution in [3.05, 3.63) is 53.6 Å². The van der Waals surface area contributed by atoms with Gasteiger partial charge in [0.2, 0.25) is 11.8 Å². The highest BCUT2D eigenvalue weighted by Crippen LogP contribution is 2.32. The molecule has 0 radical (unpaired) electrons. The van der Waals surface area contributed by atoms with E-state index in [4.69, 9.17) is 5.26 Å². The van der Waals surface area contributed by atoms with E-state index in [-0.39, 0.29) is 18.2 Å². The number of hydrogen-bond acceptors (Lipinski definition) is 4. The van der Waals surface area contributed by atoms with Crippen LogP contribution in [0.3, 0.4) is 0 Å². The molecule has 2 aromatic carbocycles. The average Bonchev–Trinajstić information content (AvgIpc) is 2.78. The Bertz CT molecular complexity index is 994. The highest BCUT2D eigenvalue weighted by molar-refractivity contribution is 6.17. The molecular weight excluding hydrogens is 340 g/mol. The fourth-order valence-electron chi connectivity index (χ4n) is 2.60. The van der Waals surface area contributed by atoms with Gasteiger partial charge in [-0.25, -0.2) is 0 Å². The molecule has 2 amide bonds. The minimum Gasteiger partial charge on any atom is -0.326 e. The average molecular weight is 360 g/mol. The number of nitrogens with zero attached hydrogens (tertiary/aromatic N) is 2. The summed E-state index contributed by atoms with van der Waals surface area (Å²) < 4.78 is 0. The molecule has 0 aliphatic carbocycles. The Morgan fingerprint density at radius 2 is 2.00 bits per heavy atom. The van der Waals surface area contributed by atoms with Gasteiger partial charge in [0.15, 0.2) is 0 Å². The summed E-state index contributed by atoms with van der Waals surface area (Å²) in [7, 11) is 0. The molecule has 0 bridgehead atoms. The van der Waals surface area contributed by atoms with Crippen LogP contribution in [0, 0.1) is 16.7 Å². The molecule has 0 atom stereocenters. The van der Waals surface area contributed by atoms with E-state index in [1.807, 2.05) is 26.8 Å². The van der Waals surface area contributed by atoms with E-state index in [9.17, 15) is 9.59 Å². The summed E-state index contributed by atoms with van der Waals surface area (Å²) >= 11 is 0. The van der Waals surface area contributed by atoms with Gasteiger partial charge in [0.1, 0.15) is 0 Å². The van der Waals surface area contributed by atoms with E-state index in [1.54, 1.807) is 36.4 Å². The lowest BCUT2D eigenvalue weighted by Crippen LogP contribution is -2.27. The van der Waals surface area contributed by atoms with Gasteiger partial charge in [-0.05, 0) is 35.9 Å². The number of fused-ring (bicyclic) bond motifs is 1. The number of carbonyl (C=O) groups excluding carboxylic acids is 2. The second kappa shape index (κ2) is 7.04. The third-order valence-corrected chi connectivity index (χ3v) is 4.12. The summed E-state index contributed by atoms with van der Waals surface area (Å²) in [5, 5.41) is 14.8. The number of hydrogen-bond donors (Lipinski definition) is 2. The minimum atomic E-state index is -0.521. The molecule has 2 N–H and O–H groups in total. The smallest absolute Gasteiger partial charge is 0.230 e. The van der Waals surface area contributed by atoms with E-state index >= 15 is 0 Å². The lowest BCUT2D eigenvalue weighted by Gasteiger charge is -2.18. The van der Waals surface area contributed by atoms with E-state index in [0.717, 1.165) is 5.56 Å². The van der Waals surface area contributed by atoms with Crippen LogP contribution in [0.25, 0.3) is 0 Å². The second-order valence-corrected chi connectivity index (χ2v) is 7.41. The third-order valence-electron chi connectivity index (χ3n) is 4.12. The van der Waals surface area contributed by atoms with Crippen LogP contribution < -0.4 is 10.6 Å². The van der Waals surface area contributed by atoms with Crippen LogP contribution in [0.2, 0.25) is 0 Å². The molecular formula is C21H20N4O2. The summed E-state index contributed by atoms with van der Waals surface area (Å²) in [6, 6.07) is 14.3. The first-order valence-corrected chi connectivity index (χ1v) is 8.60. The van der Waals surface area contributed by atoms with E-state index in [1.165, 1.54) is 0 Å². The maximum Gasteiger partial charge on any atom is 0.230 e. The first-order valence-electron chi connectivity index (χ1n) is 8.60. The normalized spacial score (nSPS) is 13.6. The predicted octanol–water partition coefficient (Wildman–Crippen LogP) is 4.01. The summed E-state index contributed by atoms with van der Waals surface area (Å²) in [5.74, 6) is -0.311. The Morgan fingerprint density at radius 3 is 2.70 bits per heavy atom. The lowest BCUT2D eigenvalue weighted by molar-refractivity contribution is -0.123. The molecule has 1 aliphatic heterocycles. The lowest BCUT2D eigenvalue weighted by atomic mass is 9.95. The van der Waals surface area contributed by atoms with Gasteiger partial charge < -0.3 is 10.6 Å². The van der Waals surface area contributed by atoms with Gasteiger partial charge >= 0.3 is 0 Å². The summed E-state index contributed by atoms with van der Waals surface area (Å²) in [5.41, 5.74) is 3.06. The molecule has 6 heteroatoms. The number of amides is 2. The Hall–Kier alpha value is -3.46. The van der Waals surface area contributed by atoms with E-state index < -0.39 is 5.41 Å². The molecule has 136 valence electrons. The monoisotopic (exact) mass is 360 g/mol. The first kappa shape index (κ1) is 18.3. The minimum absolute atomic E-state index is 0.104. The molecule has 0 saturated carbocycles. The fraction of sp³-hybridized carbons (Fsp3) is 0.238. The van der Waals surface area contributed by atoms with Gasteiger partial charge in [0, 0.05) is 11.1 Å². The van der Waals surface area contributed by atoms with Crippen LogP contribution in [0.15, 0.2) is 47.5 Å². The molecule has 0 saturated heterocycles. The molecule has 0 fully saturated rings. The van der Waals surface area contributed by atoms with E-state index in [2.05, 4.69) is 21.7 Å². The maximum absolute atomic E-state index is 12.3. The first-order chi connectivity index (χ1) is 12.8. The van der Waals surface area contributed by atoms with Crippen molar-refractivity contribution in [1.82, 2.24) is 0 Å². The molecule has 0 spiro atoms. The van der Waals surface area contributed by atoms with Crippen LogP contribution in [-0.4, -0.2) is 17.5 Å². The Kier molecular flexibility index (Phi) is 4.78. The Balaban J connectivity index is 1.96. The van der Waals surface area contributed by atoms with Crippen LogP contribution in [0.1, 0.15) is 38.3 Å². The zero-order valence-electron chi connectivity index (χ0n) is 15.5. The zero-order valence-corrected chi connectivity index (χ0v) is 15.5. The maximum atomic E-state index is 12.3. The molecule has 0 unspecified atom stereocenters. The Labute approximate surface area is 157 Å². The Morgan fingerprint density at radius 1 is 1.22 bits per heavy atom. The molecule has 3 rings (SSSR count). The number of benzene rings is 2. The van der Waals surface area contributed by atoms with Crippen LogP contribution >= 0.6 is 0 Å². The van der Waals surface area contributed by atoms with Gasteiger partial charge in [-0.2, -0.15) is 5.26 Å². The number of nitrogens with one attached hydrogen (secondary N) is 2. The summed E-state index contributed by atoms with van der Waals surface area (Å²) in [6.45, 7) is 5.50. The molecule has 1 heterocycles. The van der Waals surface area contributed by atoms with Crippen LogP contribution in [-0.2, 0) is 9.59 Å². The molecule has 6 nitrogen and oxygen atoms in total. The van der Waals surface area contributed by atoms with Crippen molar-refractivity contribution in [2.24, 2.45) is 10.4 Å². The molecule has 27 heavy (non-hydrogen) atoms. The van der Waals surface area contributed by atoms with Crippen molar-refractivity contribution in [3.8, 4) is 6.07 Å². The molecule has 2 aromatic rings. The standard InChI is InChI=1S/C21H20N4O2/c1-21(2,3)20(27)23-15-7-8-16-18(10-15)25-19(26)11-17(24-16)14-6-4-5-13(9-14)12-22/h4-10H,11H2,1-3H3,(H,23,27)(H,25,26). The second-order valence-electron chi connectivity index (χ2n) is 7.41. The van der Waals surface area contributed by atoms with Crippen molar-refractivity contribution in [3.63, 3.8) is 0 Å². The van der Waals surface area contributed by atoms with Crippen molar-refractivity contribution < 1.29 is 9.59 Å². The highest BCUT2D eigenvalue weighted by atomic mass is 16.2. The van der Waals surface area contributed by atoms with Gasteiger partial charge in [0.25, 0.3) is 0 Å². The summed E-state index contributed by atoms with van der Waals surface area (Å²) in [4.78, 5) is 29.1. The molecule has 0 aromatic heterocycles. The van der Waals surface area contributed by atoms with Crippen LogP contribution in [0.4, 0.5) is 17.1 Å². The molecule has 1 aliphatic rings. The van der Waals surface area contributed by atoms with Gasteiger partial charge in [0.05, 0.1) is 35.1 Å². The number of nitriles is 1. The summed E-state index contributed by atoms with van der Waals surface area (Å²) in [6.07, 6.45) is 0.104. The quantitative estimate of drug-likeness (QED) is 0.847. The highest BCUT2D eigenvalue weighted by Gasteiger charge is 2.22. The predicted molar refractivity (Wildman–Crippen MR) is 105 cm³/mol. The van der Waals surface area contributed by atoms with Gasteiger partial charge in [-0.15, -0.1) is 0 Å². The third kappa shape index (κ3) is 4.21. The van der Waals surface area contributed by atoms with Crippen molar-refractivity contribution >= 4 is 34.6 Å². The SMILES string of the molecule is CC(C)(C)C(=O)Nc1ccc2c(c1)NC(=O)CC(c1cccc(C#N)c1)=N2. The van der Waals surface area contributed by atoms with Gasteiger partial charge in [-0.3, -0.25) is 14.6 Å². The number of anilines is 2. The van der Waals surface area contributed by atoms with Crippen molar-refractivity contribution in [2.75, 3.05) is 10.6 Å². The zero-order chi connectivity index (χ0) is 19.6. The fourth-order valence-corrected chi connectivity index (χ4v) is 2.60. The number of carbonyl (C=O) groups is 2. The topological polar surface area (TPSA) is 94.4 Å². The largest absolute Gasteiger partial charge is 0.326 e. The van der Waals surface area contributed by atoms with Crippen LogP contribution in [0.5, 0.6) is 0 Å². The number of aliphatic imine (C=N–C) groups is 1. The van der Waals surface area contributed by atoms with E-state index in [0.29, 0.717) is 28.3 Å².